The summed E-state index contributed by atoms with van der Waals surface area (Å²) in [5.41, 5.74) is 0.984. The number of benzene rings is 2. The molecule has 0 unspecified atom stereocenters. The summed E-state index contributed by atoms with van der Waals surface area (Å²) in [6.07, 6.45) is -3.13. The van der Waals surface area contributed by atoms with Gasteiger partial charge in [0.15, 0.2) is 0 Å². The summed E-state index contributed by atoms with van der Waals surface area (Å²) in [5, 5.41) is 0.914. The summed E-state index contributed by atoms with van der Waals surface area (Å²) in [4.78, 5) is 11.7. The Morgan fingerprint density at radius 3 is 2.46 bits per heavy atom. The lowest BCUT2D eigenvalue weighted by Crippen LogP contribution is -2.29. The van der Waals surface area contributed by atoms with E-state index in [1.807, 2.05) is 23.8 Å². The zero-order valence-corrected chi connectivity index (χ0v) is 15.7. The molecule has 0 atom stereocenters. The van der Waals surface area contributed by atoms with E-state index in [0.29, 0.717) is 5.56 Å². The first kappa shape index (κ1) is 21.6. The van der Waals surface area contributed by atoms with Crippen LogP contribution in [0.4, 0.5) is 13.2 Å². The van der Waals surface area contributed by atoms with Crippen LogP contribution in [0.3, 0.4) is 0 Å². The van der Waals surface area contributed by atoms with Gasteiger partial charge in [-0.15, -0.1) is 0 Å². The van der Waals surface area contributed by atoms with Crippen molar-refractivity contribution in [2.75, 3.05) is 6.54 Å². The molecule has 0 saturated carbocycles. The minimum absolute atomic E-state index is 0.144. The van der Waals surface area contributed by atoms with Crippen molar-refractivity contribution in [3.05, 3.63) is 76.2 Å². The number of aryl methyl sites for hydroxylation is 1. The number of halogens is 3. The molecule has 28 heavy (non-hydrogen) atoms. The Balaban J connectivity index is 1.85. The van der Waals surface area contributed by atoms with Gasteiger partial charge < -0.3 is 4.74 Å². The molecule has 0 aliphatic heterocycles. The van der Waals surface area contributed by atoms with E-state index in [9.17, 15) is 26.4 Å². The lowest BCUT2D eigenvalue weighted by molar-refractivity contribution is -0.143. The van der Waals surface area contributed by atoms with Crippen LogP contribution in [0.25, 0.3) is 6.08 Å². The highest BCUT2D eigenvalue weighted by Gasteiger charge is 2.30. The van der Waals surface area contributed by atoms with E-state index >= 15 is 0 Å². The number of sulfonamides is 1. The lowest BCUT2D eigenvalue weighted by atomic mass is 10.1. The number of alkyl halides is 3. The van der Waals surface area contributed by atoms with E-state index in [2.05, 4.69) is 0 Å². The van der Waals surface area contributed by atoms with Crippen LogP contribution in [0.1, 0.15) is 22.3 Å². The van der Waals surface area contributed by atoms with Gasteiger partial charge in [-0.2, -0.15) is 13.2 Å². The number of rotatable bonds is 7. The lowest BCUT2D eigenvalue weighted by Gasteiger charge is -2.09. The van der Waals surface area contributed by atoms with Crippen molar-refractivity contribution in [1.29, 1.82) is 0 Å². The summed E-state index contributed by atoms with van der Waals surface area (Å²) >= 11 is 0. The van der Waals surface area contributed by atoms with Crippen LogP contribution in [-0.2, 0) is 32.3 Å². The van der Waals surface area contributed by atoms with Crippen molar-refractivity contribution in [2.45, 2.75) is 19.7 Å². The molecule has 0 aromatic heterocycles. The monoisotopic (exact) mass is 413 g/mol. The normalized spacial score (nSPS) is 12.3. The van der Waals surface area contributed by atoms with Gasteiger partial charge in [0.25, 0.3) is 0 Å². The van der Waals surface area contributed by atoms with E-state index in [1.54, 1.807) is 12.1 Å². The van der Waals surface area contributed by atoms with Gasteiger partial charge in [-0.05, 0) is 36.3 Å². The second-order valence-corrected chi connectivity index (χ2v) is 7.59. The van der Waals surface area contributed by atoms with E-state index in [4.69, 9.17) is 4.74 Å². The third-order valence-corrected chi connectivity index (χ3v) is 4.63. The second kappa shape index (κ2) is 9.03. The van der Waals surface area contributed by atoms with Crippen molar-refractivity contribution in [1.82, 2.24) is 4.72 Å². The van der Waals surface area contributed by atoms with Crippen molar-refractivity contribution in [2.24, 2.45) is 0 Å². The Morgan fingerprint density at radius 2 is 1.82 bits per heavy atom. The molecule has 0 heterocycles. The van der Waals surface area contributed by atoms with Crippen molar-refractivity contribution >= 4 is 22.1 Å². The molecule has 0 fully saturated rings. The number of ether oxygens (including phenoxy) is 1. The predicted octanol–water partition coefficient (Wildman–Crippen LogP) is 3.65. The van der Waals surface area contributed by atoms with E-state index in [-0.39, 0.29) is 5.56 Å². The summed E-state index contributed by atoms with van der Waals surface area (Å²) in [7, 11) is -3.87. The second-order valence-electron chi connectivity index (χ2n) is 5.94. The molecule has 0 aliphatic rings. The summed E-state index contributed by atoms with van der Waals surface area (Å²) in [6, 6.07) is 11.5. The number of nitrogens with one attached hydrogen (secondary N) is 1. The minimum Gasteiger partial charge on any atom is -0.460 e. The van der Waals surface area contributed by atoms with Gasteiger partial charge in [0.05, 0.1) is 5.56 Å². The van der Waals surface area contributed by atoms with E-state index in [0.717, 1.165) is 23.1 Å². The molecule has 0 bridgehead atoms. The summed E-state index contributed by atoms with van der Waals surface area (Å²) in [5.74, 6) is -0.912. The number of esters is 1. The molecule has 9 heteroatoms. The Hall–Kier alpha value is -2.65. The maximum Gasteiger partial charge on any atom is 0.416 e. The smallest absolute Gasteiger partial charge is 0.416 e. The SMILES string of the molecule is Cc1ccc(/C=C/S(=O)(=O)NCC(=O)OCc2cccc(C(F)(F)F)c2)cc1. The molecule has 0 amide bonds. The topological polar surface area (TPSA) is 72.5 Å². The van der Waals surface area contributed by atoms with Gasteiger partial charge in [0.1, 0.15) is 13.2 Å². The average molecular weight is 413 g/mol. The average Bonchev–Trinajstić information content (AvgIpc) is 2.64. The number of hydrogen-bond acceptors (Lipinski definition) is 4. The molecule has 2 rings (SSSR count). The van der Waals surface area contributed by atoms with Crippen LogP contribution in [0.2, 0.25) is 0 Å². The van der Waals surface area contributed by atoms with Crippen LogP contribution in [0, 0.1) is 6.92 Å². The van der Waals surface area contributed by atoms with Crippen LogP contribution >= 0.6 is 0 Å². The number of hydrogen-bond donors (Lipinski definition) is 1. The predicted molar refractivity (Wildman–Crippen MR) is 98.4 cm³/mol. The maximum absolute atomic E-state index is 12.6. The molecule has 0 spiro atoms. The first-order chi connectivity index (χ1) is 13.0. The quantitative estimate of drug-likeness (QED) is 0.704. The first-order valence-electron chi connectivity index (χ1n) is 8.11. The highest BCUT2D eigenvalue weighted by molar-refractivity contribution is 7.92. The summed E-state index contributed by atoms with van der Waals surface area (Å²) in [6.45, 7) is 0.861. The first-order valence-corrected chi connectivity index (χ1v) is 9.66. The Labute approximate surface area is 160 Å². The number of carbonyl (C=O) groups is 1. The Morgan fingerprint density at radius 1 is 1.14 bits per heavy atom. The van der Waals surface area contributed by atoms with Gasteiger partial charge in [-0.25, -0.2) is 13.1 Å². The fourth-order valence-electron chi connectivity index (χ4n) is 2.11. The van der Waals surface area contributed by atoms with Crippen LogP contribution in [-0.4, -0.2) is 20.9 Å². The fraction of sp³-hybridized carbons (Fsp3) is 0.211. The summed E-state index contributed by atoms with van der Waals surface area (Å²) < 4.78 is 68.5. The molecule has 0 radical (unpaired) electrons. The molecule has 5 nitrogen and oxygen atoms in total. The standard InChI is InChI=1S/C19H18F3NO4S/c1-14-5-7-15(8-6-14)9-10-28(25,26)23-12-18(24)27-13-16-3-2-4-17(11-16)19(20,21)22/h2-11,23H,12-13H2,1H3/b10-9+. The zero-order chi connectivity index (χ0) is 20.8. The third kappa shape index (κ3) is 7.16. The minimum atomic E-state index is -4.50. The molecule has 150 valence electrons. The Bertz CT molecular complexity index is 952. The molecule has 0 saturated heterocycles. The third-order valence-electron chi connectivity index (χ3n) is 3.59. The van der Waals surface area contributed by atoms with E-state index < -0.39 is 40.9 Å². The highest BCUT2D eigenvalue weighted by Crippen LogP contribution is 2.29. The van der Waals surface area contributed by atoms with Gasteiger partial charge in [-0.1, -0.05) is 42.0 Å². The molecule has 1 N–H and O–H groups in total. The molecule has 2 aromatic rings. The molecular formula is C19H18F3NO4S. The van der Waals surface area contributed by atoms with Gasteiger partial charge in [0.2, 0.25) is 10.0 Å². The van der Waals surface area contributed by atoms with Crippen molar-refractivity contribution in [3.8, 4) is 0 Å². The van der Waals surface area contributed by atoms with Gasteiger partial charge >= 0.3 is 12.1 Å². The van der Waals surface area contributed by atoms with Crippen molar-refractivity contribution in [3.63, 3.8) is 0 Å². The Kier molecular flexibility index (Phi) is 6.98. The van der Waals surface area contributed by atoms with Crippen LogP contribution in [0.5, 0.6) is 0 Å². The molecule has 0 aliphatic carbocycles. The van der Waals surface area contributed by atoms with Crippen LogP contribution < -0.4 is 4.72 Å². The van der Waals surface area contributed by atoms with Gasteiger partial charge in [-0.3, -0.25) is 4.79 Å². The molecule has 2 aromatic carbocycles. The fourth-order valence-corrected chi connectivity index (χ4v) is 2.86. The van der Waals surface area contributed by atoms with E-state index in [1.165, 1.54) is 18.2 Å². The van der Waals surface area contributed by atoms with Crippen LogP contribution in [0.15, 0.2) is 53.9 Å². The zero-order valence-electron chi connectivity index (χ0n) is 14.9. The maximum atomic E-state index is 12.6. The largest absolute Gasteiger partial charge is 0.460 e. The highest BCUT2D eigenvalue weighted by atomic mass is 32.2. The van der Waals surface area contributed by atoms with Gasteiger partial charge in [0, 0.05) is 5.41 Å². The van der Waals surface area contributed by atoms with Crippen molar-refractivity contribution < 1.29 is 31.1 Å². The number of carbonyl (C=O) groups excluding carboxylic acids is 1. The molecular weight excluding hydrogens is 395 g/mol.